The Balaban J connectivity index is 3.02. The van der Waals surface area contributed by atoms with Crippen molar-refractivity contribution in [3.05, 3.63) is 18.3 Å². The van der Waals surface area contributed by atoms with E-state index in [0.29, 0.717) is 16.6 Å². The zero-order chi connectivity index (χ0) is 12.3. The summed E-state index contributed by atoms with van der Waals surface area (Å²) in [5.74, 6) is 0.933. The van der Waals surface area contributed by atoms with Crippen LogP contribution in [0.25, 0.3) is 0 Å². The lowest BCUT2D eigenvalue weighted by atomic mass is 10.5. The molecule has 16 heavy (non-hydrogen) atoms. The predicted molar refractivity (Wildman–Crippen MR) is 72.5 cm³/mol. The minimum absolute atomic E-state index is 0.621. The van der Waals surface area contributed by atoms with E-state index in [9.17, 15) is 0 Å². The molecule has 2 nitrogen and oxygen atoms in total. The van der Waals surface area contributed by atoms with Crippen molar-refractivity contribution in [1.82, 2.24) is 4.98 Å². The smallest absolute Gasteiger partial charge is 0.260 e. The summed E-state index contributed by atoms with van der Waals surface area (Å²) in [6, 6.07) is 4.02. The lowest BCUT2D eigenvalue weighted by Gasteiger charge is -2.41. The molecule has 1 rings (SSSR count). The zero-order valence-electron chi connectivity index (χ0n) is 11.4. The van der Waals surface area contributed by atoms with Gasteiger partial charge < -0.3 is 9.41 Å². The SMILES string of the molecule is CC(C)[Si](Oc1ccc[nH]1)(C(C)C)C(C)C. The van der Waals surface area contributed by atoms with Crippen molar-refractivity contribution >= 4 is 8.32 Å². The Labute approximate surface area is 101 Å². The minimum atomic E-state index is -1.76. The topological polar surface area (TPSA) is 25.0 Å². The second-order valence-electron chi connectivity index (χ2n) is 5.45. The van der Waals surface area contributed by atoms with E-state index >= 15 is 0 Å². The molecule has 1 aromatic rings. The predicted octanol–water partition coefficient (Wildman–Crippen LogP) is 4.57. The Kier molecular flexibility index (Phi) is 4.25. The van der Waals surface area contributed by atoms with Gasteiger partial charge in [-0.3, -0.25) is 0 Å². The summed E-state index contributed by atoms with van der Waals surface area (Å²) >= 11 is 0. The molecule has 0 atom stereocenters. The number of hydrogen-bond donors (Lipinski definition) is 1. The number of hydrogen-bond acceptors (Lipinski definition) is 1. The second-order valence-corrected chi connectivity index (χ2v) is 10.8. The zero-order valence-corrected chi connectivity index (χ0v) is 12.4. The van der Waals surface area contributed by atoms with Crippen LogP contribution < -0.4 is 4.43 Å². The molecule has 0 amide bonds. The Bertz CT molecular complexity index is 282. The Morgan fingerprint density at radius 1 is 1.00 bits per heavy atom. The lowest BCUT2D eigenvalue weighted by Crippen LogP contribution is -2.50. The minimum Gasteiger partial charge on any atom is -0.531 e. The summed E-state index contributed by atoms with van der Waals surface area (Å²) in [7, 11) is -1.76. The first-order valence-corrected chi connectivity index (χ1v) is 8.37. The van der Waals surface area contributed by atoms with Gasteiger partial charge in [-0.1, -0.05) is 41.5 Å². The summed E-state index contributed by atoms with van der Waals surface area (Å²) in [5.41, 5.74) is 1.86. The van der Waals surface area contributed by atoms with Gasteiger partial charge in [0.05, 0.1) is 0 Å². The van der Waals surface area contributed by atoms with Crippen molar-refractivity contribution in [3.63, 3.8) is 0 Å². The van der Waals surface area contributed by atoms with Gasteiger partial charge in [0.15, 0.2) is 5.88 Å². The maximum atomic E-state index is 6.41. The largest absolute Gasteiger partial charge is 0.531 e. The standard InChI is InChI=1S/C13H25NOSi/c1-10(2)16(11(3)4,12(5)6)15-13-8-7-9-14-13/h7-12,14H,1-6H3. The van der Waals surface area contributed by atoms with Gasteiger partial charge in [-0.05, 0) is 28.8 Å². The fourth-order valence-corrected chi connectivity index (χ4v) is 8.14. The maximum absolute atomic E-state index is 6.41. The molecule has 1 heterocycles. The second kappa shape index (κ2) is 5.08. The highest BCUT2D eigenvalue weighted by Gasteiger charge is 2.47. The van der Waals surface area contributed by atoms with Crippen LogP contribution in [-0.4, -0.2) is 13.3 Å². The van der Waals surface area contributed by atoms with Crippen molar-refractivity contribution in [3.8, 4) is 5.88 Å². The van der Waals surface area contributed by atoms with Gasteiger partial charge in [-0.15, -0.1) is 0 Å². The highest BCUT2D eigenvalue weighted by Crippen LogP contribution is 2.42. The van der Waals surface area contributed by atoms with E-state index in [-0.39, 0.29) is 0 Å². The molecule has 1 aromatic heterocycles. The normalized spacial score (nSPS) is 12.8. The first-order chi connectivity index (χ1) is 7.41. The Morgan fingerprint density at radius 3 is 1.81 bits per heavy atom. The van der Waals surface area contributed by atoms with Crippen molar-refractivity contribution in [1.29, 1.82) is 0 Å². The number of H-pyrrole nitrogens is 1. The molecular weight excluding hydrogens is 214 g/mol. The van der Waals surface area contributed by atoms with Gasteiger partial charge in [0.1, 0.15) is 0 Å². The van der Waals surface area contributed by atoms with Crippen LogP contribution in [0.1, 0.15) is 41.5 Å². The molecule has 92 valence electrons. The molecule has 0 radical (unpaired) electrons. The van der Waals surface area contributed by atoms with E-state index in [1.165, 1.54) is 0 Å². The van der Waals surface area contributed by atoms with Crippen LogP contribution in [0.3, 0.4) is 0 Å². The molecule has 0 aliphatic heterocycles. The van der Waals surface area contributed by atoms with E-state index < -0.39 is 8.32 Å². The van der Waals surface area contributed by atoms with Gasteiger partial charge in [-0.25, -0.2) is 0 Å². The van der Waals surface area contributed by atoms with Gasteiger partial charge in [-0.2, -0.15) is 0 Å². The summed E-state index contributed by atoms with van der Waals surface area (Å²) in [4.78, 5) is 3.17. The third kappa shape index (κ3) is 2.34. The summed E-state index contributed by atoms with van der Waals surface area (Å²) in [5, 5.41) is 0. The van der Waals surface area contributed by atoms with Gasteiger partial charge >= 0.3 is 0 Å². The third-order valence-electron chi connectivity index (χ3n) is 3.56. The average Bonchev–Trinajstić information content (AvgIpc) is 2.64. The van der Waals surface area contributed by atoms with Crippen molar-refractivity contribution < 1.29 is 4.43 Å². The summed E-state index contributed by atoms with van der Waals surface area (Å²) < 4.78 is 6.41. The Hall–Kier alpha value is -0.703. The quantitative estimate of drug-likeness (QED) is 0.748. The van der Waals surface area contributed by atoms with Crippen molar-refractivity contribution in [2.75, 3.05) is 0 Å². The Morgan fingerprint density at radius 2 is 1.50 bits per heavy atom. The number of aromatic amines is 1. The van der Waals surface area contributed by atoms with E-state index in [1.54, 1.807) is 0 Å². The number of nitrogens with one attached hydrogen (secondary N) is 1. The molecule has 0 fully saturated rings. The van der Waals surface area contributed by atoms with Crippen LogP contribution in [0.5, 0.6) is 5.88 Å². The average molecular weight is 239 g/mol. The highest BCUT2D eigenvalue weighted by molar-refractivity contribution is 6.78. The highest BCUT2D eigenvalue weighted by atomic mass is 28.4. The fraction of sp³-hybridized carbons (Fsp3) is 0.692. The molecule has 0 unspecified atom stereocenters. The molecule has 0 aromatic carbocycles. The summed E-state index contributed by atoms with van der Waals surface area (Å²) in [6.45, 7) is 13.8. The maximum Gasteiger partial charge on any atom is 0.260 e. The molecule has 1 N–H and O–H groups in total. The van der Waals surface area contributed by atoms with Crippen LogP contribution in [0.2, 0.25) is 16.6 Å². The van der Waals surface area contributed by atoms with Gasteiger partial charge in [0.25, 0.3) is 8.32 Å². The molecular formula is C13H25NOSi. The van der Waals surface area contributed by atoms with E-state index in [0.717, 1.165) is 5.88 Å². The summed E-state index contributed by atoms with van der Waals surface area (Å²) in [6.07, 6.45) is 1.93. The van der Waals surface area contributed by atoms with Crippen LogP contribution in [0.4, 0.5) is 0 Å². The third-order valence-corrected chi connectivity index (χ3v) is 9.55. The van der Waals surface area contributed by atoms with Gasteiger partial charge in [0.2, 0.25) is 0 Å². The molecule has 0 bridgehead atoms. The van der Waals surface area contributed by atoms with Crippen LogP contribution in [0, 0.1) is 0 Å². The van der Waals surface area contributed by atoms with Gasteiger partial charge in [0, 0.05) is 6.20 Å². The van der Waals surface area contributed by atoms with Crippen LogP contribution in [0.15, 0.2) is 18.3 Å². The number of rotatable bonds is 5. The van der Waals surface area contributed by atoms with Crippen LogP contribution in [-0.2, 0) is 0 Å². The number of aromatic nitrogens is 1. The van der Waals surface area contributed by atoms with E-state index in [1.807, 2.05) is 18.3 Å². The molecule has 0 spiro atoms. The first kappa shape index (κ1) is 13.4. The lowest BCUT2D eigenvalue weighted by molar-refractivity contribution is 0.466. The fourth-order valence-electron chi connectivity index (χ4n) is 2.92. The first-order valence-electron chi connectivity index (χ1n) is 6.23. The molecule has 0 saturated carbocycles. The van der Waals surface area contributed by atoms with Crippen molar-refractivity contribution in [2.45, 2.75) is 58.2 Å². The van der Waals surface area contributed by atoms with E-state index in [2.05, 4.69) is 46.5 Å². The molecule has 0 aliphatic carbocycles. The molecule has 3 heteroatoms. The van der Waals surface area contributed by atoms with E-state index in [4.69, 9.17) is 4.43 Å². The monoisotopic (exact) mass is 239 g/mol. The van der Waals surface area contributed by atoms with Crippen molar-refractivity contribution in [2.24, 2.45) is 0 Å². The van der Waals surface area contributed by atoms with Crippen LogP contribution >= 0.6 is 0 Å². The molecule has 0 aliphatic rings. The molecule has 0 saturated heterocycles.